The molecule has 0 rings (SSSR count). The minimum atomic E-state index is -5.00. The molecular weight excluding hydrogens is 1330 g/mol. The van der Waals surface area contributed by atoms with Crippen molar-refractivity contribution in [3.05, 3.63) is 134 Å². The molecule has 5 unspecified atom stereocenters. The molecule has 0 radical (unpaired) electrons. The Bertz CT molecular complexity index is 2460. The lowest BCUT2D eigenvalue weighted by atomic mass is 10.0. The lowest BCUT2D eigenvalue weighted by molar-refractivity contribution is -0.161. The molecule has 0 fully saturated rings. The first-order chi connectivity index (χ1) is 49.7. The number of unbranched alkanes of at least 4 members (excludes halogenated alkanes) is 25. The van der Waals surface area contributed by atoms with Gasteiger partial charge in [-0.3, -0.25) is 37.3 Å². The first-order valence-corrected chi connectivity index (χ1v) is 42.4. The van der Waals surface area contributed by atoms with Crippen molar-refractivity contribution in [1.29, 1.82) is 0 Å². The second kappa shape index (κ2) is 74.5. The SMILES string of the molecule is CC/C=C\C/C=C\C/C=C\C/C=C\CCCCC(=O)OCC(COP(=O)(O)OCC(O)COP(=O)(O)OCC(COC(=O)CCCCCCCCC/C=C\C/C=C\C/C=C\CC)OC(=O)CCCCCCCCCCCCCCCCC)OC(=O)CCCC/C=C\C/C=C\C/C=C\C/C=C\CC. The van der Waals surface area contributed by atoms with Crippen LogP contribution in [0.15, 0.2) is 134 Å². The van der Waals surface area contributed by atoms with Gasteiger partial charge in [0.15, 0.2) is 12.2 Å². The van der Waals surface area contributed by atoms with Crippen molar-refractivity contribution in [3.63, 3.8) is 0 Å². The summed E-state index contributed by atoms with van der Waals surface area (Å²) in [5.74, 6) is -2.28. The number of phosphoric ester groups is 2. The monoisotopic (exact) mass is 1470 g/mol. The van der Waals surface area contributed by atoms with Gasteiger partial charge < -0.3 is 33.8 Å². The van der Waals surface area contributed by atoms with Crippen LogP contribution in [0.3, 0.4) is 0 Å². The number of ether oxygens (including phenoxy) is 4. The summed E-state index contributed by atoms with van der Waals surface area (Å²) in [6.45, 7) is 4.45. The summed E-state index contributed by atoms with van der Waals surface area (Å²) in [6, 6.07) is 0. The molecule has 5 atom stereocenters. The summed E-state index contributed by atoms with van der Waals surface area (Å²) >= 11 is 0. The van der Waals surface area contributed by atoms with Crippen molar-refractivity contribution in [2.45, 2.75) is 329 Å². The van der Waals surface area contributed by atoms with Crippen LogP contribution >= 0.6 is 15.6 Å². The van der Waals surface area contributed by atoms with E-state index in [4.69, 9.17) is 37.0 Å². The second-order valence-corrected chi connectivity index (χ2v) is 28.8. The number of hydrogen-bond donors (Lipinski definition) is 3. The second-order valence-electron chi connectivity index (χ2n) is 25.9. The zero-order chi connectivity index (χ0) is 74.6. The van der Waals surface area contributed by atoms with Gasteiger partial charge in [0, 0.05) is 25.7 Å². The van der Waals surface area contributed by atoms with Gasteiger partial charge >= 0.3 is 39.5 Å². The van der Waals surface area contributed by atoms with Gasteiger partial charge in [-0.2, -0.15) is 0 Å². The zero-order valence-corrected chi connectivity index (χ0v) is 65.5. The molecule has 0 bridgehead atoms. The highest BCUT2D eigenvalue weighted by Gasteiger charge is 2.30. The number of carbonyl (C=O) groups excluding carboxylic acids is 4. The van der Waals surface area contributed by atoms with Gasteiger partial charge in [0.25, 0.3) is 0 Å². The van der Waals surface area contributed by atoms with Crippen molar-refractivity contribution in [2.75, 3.05) is 39.6 Å². The van der Waals surface area contributed by atoms with Gasteiger partial charge in [-0.25, -0.2) is 9.13 Å². The van der Waals surface area contributed by atoms with E-state index >= 15 is 0 Å². The van der Waals surface area contributed by atoms with E-state index in [9.17, 15) is 43.2 Å². The number of hydrogen-bond acceptors (Lipinski definition) is 15. The summed E-state index contributed by atoms with van der Waals surface area (Å²) in [5.41, 5.74) is 0. The Morgan fingerprint density at radius 1 is 0.284 bits per heavy atom. The summed E-state index contributed by atoms with van der Waals surface area (Å²) in [6.07, 6.45) is 83.0. The average molecular weight is 1470 g/mol. The molecule has 0 aliphatic heterocycles. The smallest absolute Gasteiger partial charge is 0.462 e. The average Bonchev–Trinajstić information content (AvgIpc) is 0.926. The fraction of sp³-hybridized carbons (Fsp3) is 0.687. The molecule has 0 saturated heterocycles. The van der Waals surface area contributed by atoms with Gasteiger partial charge in [0.2, 0.25) is 0 Å². The molecule has 102 heavy (non-hydrogen) atoms. The van der Waals surface area contributed by atoms with E-state index in [-0.39, 0.29) is 25.7 Å². The zero-order valence-electron chi connectivity index (χ0n) is 63.7. The van der Waals surface area contributed by atoms with E-state index in [2.05, 4.69) is 161 Å². The molecule has 0 aliphatic carbocycles. The van der Waals surface area contributed by atoms with Gasteiger partial charge in [-0.1, -0.05) is 283 Å². The lowest BCUT2D eigenvalue weighted by Crippen LogP contribution is -2.30. The first kappa shape index (κ1) is 97.2. The van der Waals surface area contributed by atoms with Crippen LogP contribution in [0.5, 0.6) is 0 Å². The maximum atomic E-state index is 13.1. The van der Waals surface area contributed by atoms with Crippen LogP contribution in [0.1, 0.15) is 310 Å². The van der Waals surface area contributed by atoms with Crippen LogP contribution in [-0.4, -0.2) is 96.7 Å². The number of phosphoric acid groups is 2. The van der Waals surface area contributed by atoms with E-state index in [0.29, 0.717) is 32.1 Å². The van der Waals surface area contributed by atoms with Crippen LogP contribution in [-0.2, 0) is 65.4 Å². The molecule has 0 saturated carbocycles. The highest BCUT2D eigenvalue weighted by atomic mass is 31.2. The fourth-order valence-corrected chi connectivity index (χ4v) is 11.8. The van der Waals surface area contributed by atoms with Crippen molar-refractivity contribution in [2.24, 2.45) is 0 Å². The van der Waals surface area contributed by atoms with Crippen LogP contribution in [0.4, 0.5) is 0 Å². The molecule has 17 nitrogen and oxygen atoms in total. The van der Waals surface area contributed by atoms with E-state index < -0.39 is 97.5 Å². The molecule has 19 heteroatoms. The molecule has 0 spiro atoms. The maximum Gasteiger partial charge on any atom is 0.472 e. The lowest BCUT2D eigenvalue weighted by Gasteiger charge is -2.21. The standard InChI is InChI=1S/C83H140O17P2/c1-5-9-13-17-21-25-29-33-37-38-42-44-48-52-56-60-64-68-81(86)94-74-79(100-83(88)70-66-62-58-54-50-46-41-36-32-28-24-20-16-12-8-4)76-98-102(91,92)96-72-77(84)71-95-101(89,90)97-75-78(99-82(87)69-65-61-57-53-49-45-40-35-31-27-23-19-15-11-7-3)73-93-80(85)67-63-59-55-51-47-43-39-34-30-26-22-18-14-10-6-2/h9-11,13-15,21-23,25-27,33-35,37,39-40,47,49,51,53,77-79,84H,5-8,12,16-20,24,28-32,36,38,41-46,48,50,52,54-76H2,1-4H3,(H,89,90)(H,91,92)/b13-9-,14-10-,15-11-,25-21-,26-22-,27-23-,37-33-,39-34-,40-35-,51-47-,53-49-. The van der Waals surface area contributed by atoms with Crippen molar-refractivity contribution in [1.82, 2.24) is 0 Å². The predicted octanol–water partition coefficient (Wildman–Crippen LogP) is 22.9. The molecule has 0 aromatic rings. The Morgan fingerprint density at radius 2 is 0.510 bits per heavy atom. The first-order valence-electron chi connectivity index (χ1n) is 39.4. The molecule has 3 N–H and O–H groups in total. The van der Waals surface area contributed by atoms with Gasteiger partial charge in [-0.15, -0.1) is 0 Å². The van der Waals surface area contributed by atoms with Crippen LogP contribution in [0.2, 0.25) is 0 Å². The van der Waals surface area contributed by atoms with Gasteiger partial charge in [0.05, 0.1) is 26.4 Å². The van der Waals surface area contributed by atoms with Crippen molar-refractivity contribution < 1.29 is 80.2 Å². The largest absolute Gasteiger partial charge is 0.472 e. The number of aliphatic hydroxyl groups excluding tert-OH is 1. The Kier molecular flexibility index (Phi) is 71.0. The number of aliphatic hydroxyl groups is 1. The Morgan fingerprint density at radius 3 is 0.804 bits per heavy atom. The minimum absolute atomic E-state index is 0.0305. The Hall–Kier alpha value is -4.80. The molecule has 0 aromatic carbocycles. The molecule has 0 aromatic heterocycles. The maximum absolute atomic E-state index is 13.1. The molecule has 584 valence electrons. The van der Waals surface area contributed by atoms with Crippen molar-refractivity contribution >= 4 is 39.5 Å². The third-order valence-electron chi connectivity index (χ3n) is 16.1. The molecular formula is C83H140O17P2. The number of allylic oxidation sites excluding steroid dienone is 22. The van der Waals surface area contributed by atoms with Crippen molar-refractivity contribution in [3.8, 4) is 0 Å². The molecule has 0 amide bonds. The number of rotatable bonds is 73. The Labute approximate surface area is 618 Å². The number of esters is 4. The van der Waals surface area contributed by atoms with Crippen LogP contribution < -0.4 is 0 Å². The fourth-order valence-electron chi connectivity index (χ4n) is 10.2. The highest BCUT2D eigenvalue weighted by molar-refractivity contribution is 7.47. The van der Waals surface area contributed by atoms with E-state index in [1.165, 1.54) is 64.2 Å². The highest BCUT2D eigenvalue weighted by Crippen LogP contribution is 2.45. The summed E-state index contributed by atoms with van der Waals surface area (Å²) < 4.78 is 68.5. The molecule has 0 heterocycles. The summed E-state index contributed by atoms with van der Waals surface area (Å²) in [5, 5.41) is 10.6. The topological polar surface area (TPSA) is 237 Å². The van der Waals surface area contributed by atoms with E-state index in [1.54, 1.807) is 0 Å². The third-order valence-corrected chi connectivity index (χ3v) is 18.0. The Balaban J connectivity index is 5.42. The minimum Gasteiger partial charge on any atom is -0.462 e. The van der Waals surface area contributed by atoms with Gasteiger partial charge in [-0.05, 0) is 135 Å². The normalized spacial score (nSPS) is 14.6. The predicted molar refractivity (Wildman–Crippen MR) is 418 cm³/mol. The summed E-state index contributed by atoms with van der Waals surface area (Å²) in [4.78, 5) is 73.0. The number of carbonyl (C=O) groups is 4. The van der Waals surface area contributed by atoms with Crippen LogP contribution in [0.25, 0.3) is 0 Å². The summed E-state index contributed by atoms with van der Waals surface area (Å²) in [7, 11) is -9.98. The van der Waals surface area contributed by atoms with Crippen LogP contribution in [0, 0.1) is 0 Å². The van der Waals surface area contributed by atoms with Gasteiger partial charge in [0.1, 0.15) is 19.3 Å². The van der Waals surface area contributed by atoms with E-state index in [1.807, 2.05) is 0 Å². The quantitative estimate of drug-likeness (QED) is 0.0169. The van der Waals surface area contributed by atoms with E-state index in [0.717, 1.165) is 161 Å². The molecule has 0 aliphatic rings. The third kappa shape index (κ3) is 73.5.